The van der Waals surface area contributed by atoms with Gasteiger partial charge in [0.05, 0.1) is 10.6 Å². The van der Waals surface area contributed by atoms with Gasteiger partial charge in [-0.3, -0.25) is 13.9 Å². The Bertz CT molecular complexity index is 1720. The Morgan fingerprint density at radius 2 is 1.41 bits per heavy atom. The highest BCUT2D eigenvalue weighted by molar-refractivity contribution is 7.92. The number of amides is 2. The van der Waals surface area contributed by atoms with Gasteiger partial charge in [0.2, 0.25) is 11.8 Å². The zero-order chi connectivity index (χ0) is 32.7. The third-order valence-electron chi connectivity index (χ3n) is 8.34. The van der Waals surface area contributed by atoms with E-state index in [4.69, 9.17) is 0 Å². The van der Waals surface area contributed by atoms with Crippen LogP contribution < -0.4 is 9.62 Å². The van der Waals surface area contributed by atoms with Crippen LogP contribution >= 0.6 is 0 Å². The third-order valence-corrected chi connectivity index (χ3v) is 10.1. The zero-order valence-electron chi connectivity index (χ0n) is 26.2. The molecule has 1 N–H and O–H groups in total. The first-order valence-corrected chi connectivity index (χ1v) is 17.1. The molecule has 0 saturated heterocycles. The summed E-state index contributed by atoms with van der Waals surface area (Å²) in [6.07, 6.45) is 4.00. The summed E-state index contributed by atoms with van der Waals surface area (Å²) in [5.41, 5.74) is 3.51. The number of rotatable bonds is 12. The Balaban J connectivity index is 1.57. The van der Waals surface area contributed by atoms with Crippen LogP contribution in [0.15, 0.2) is 108 Å². The molecule has 9 heteroatoms. The Labute approximate surface area is 271 Å². The molecule has 0 unspecified atom stereocenters. The number of nitrogens with zero attached hydrogens (tertiary/aromatic N) is 2. The number of anilines is 1. The van der Waals surface area contributed by atoms with Crippen molar-refractivity contribution in [3.63, 3.8) is 0 Å². The molecule has 0 bridgehead atoms. The summed E-state index contributed by atoms with van der Waals surface area (Å²) in [4.78, 5) is 30.1. The van der Waals surface area contributed by atoms with Crippen LogP contribution in [0.25, 0.3) is 0 Å². The second-order valence-corrected chi connectivity index (χ2v) is 13.9. The van der Waals surface area contributed by atoms with Gasteiger partial charge in [-0.2, -0.15) is 0 Å². The van der Waals surface area contributed by atoms with Crippen LogP contribution in [0.1, 0.15) is 47.9 Å². The van der Waals surface area contributed by atoms with E-state index in [0.717, 1.165) is 46.7 Å². The van der Waals surface area contributed by atoms with Gasteiger partial charge in [-0.05, 0) is 85.3 Å². The molecule has 4 aromatic rings. The molecule has 0 radical (unpaired) electrons. The Morgan fingerprint density at radius 3 is 2.02 bits per heavy atom. The van der Waals surface area contributed by atoms with Crippen LogP contribution in [0.4, 0.5) is 10.1 Å². The normalized spacial score (nSPS) is 14.1. The van der Waals surface area contributed by atoms with Gasteiger partial charge in [-0.15, -0.1) is 0 Å². The summed E-state index contributed by atoms with van der Waals surface area (Å²) in [6.45, 7) is 3.19. The third kappa shape index (κ3) is 8.20. The molecule has 5 rings (SSSR count). The second-order valence-electron chi connectivity index (χ2n) is 12.0. The molecule has 0 aromatic heterocycles. The summed E-state index contributed by atoms with van der Waals surface area (Å²) in [7, 11) is -4.18. The molecule has 1 saturated carbocycles. The molecule has 46 heavy (non-hydrogen) atoms. The van der Waals surface area contributed by atoms with E-state index in [9.17, 15) is 22.4 Å². The predicted molar refractivity (Wildman–Crippen MR) is 178 cm³/mol. The van der Waals surface area contributed by atoms with Crippen molar-refractivity contribution in [2.24, 2.45) is 0 Å². The minimum Gasteiger partial charge on any atom is -0.352 e. The van der Waals surface area contributed by atoms with E-state index in [2.05, 4.69) is 5.32 Å². The van der Waals surface area contributed by atoms with Crippen molar-refractivity contribution >= 4 is 27.5 Å². The summed E-state index contributed by atoms with van der Waals surface area (Å²) in [6, 6.07) is 27.7. The van der Waals surface area contributed by atoms with Crippen molar-refractivity contribution in [1.82, 2.24) is 10.2 Å². The first-order valence-electron chi connectivity index (χ1n) is 15.6. The van der Waals surface area contributed by atoms with Crippen molar-refractivity contribution in [1.29, 1.82) is 0 Å². The van der Waals surface area contributed by atoms with Gasteiger partial charge < -0.3 is 10.2 Å². The lowest BCUT2D eigenvalue weighted by atomic mass is 10.0. The van der Waals surface area contributed by atoms with E-state index >= 15 is 0 Å². The highest BCUT2D eigenvalue weighted by Gasteiger charge is 2.35. The maximum absolute atomic E-state index is 14.6. The van der Waals surface area contributed by atoms with Crippen LogP contribution in [0.5, 0.6) is 0 Å². The summed E-state index contributed by atoms with van der Waals surface area (Å²) < 4.78 is 43.3. The van der Waals surface area contributed by atoms with E-state index in [0.29, 0.717) is 11.3 Å². The molecule has 0 aliphatic heterocycles. The van der Waals surface area contributed by atoms with Crippen LogP contribution in [-0.2, 0) is 32.6 Å². The van der Waals surface area contributed by atoms with Gasteiger partial charge in [0.25, 0.3) is 10.0 Å². The number of aryl methyl sites for hydroxylation is 2. The second kappa shape index (κ2) is 14.7. The quantitative estimate of drug-likeness (QED) is 0.196. The minimum absolute atomic E-state index is 0.0128. The van der Waals surface area contributed by atoms with Crippen LogP contribution in [0.2, 0.25) is 0 Å². The highest BCUT2D eigenvalue weighted by atomic mass is 32.2. The van der Waals surface area contributed by atoms with Gasteiger partial charge in [0, 0.05) is 19.0 Å². The molecular formula is C37H40FN3O4S. The van der Waals surface area contributed by atoms with E-state index in [1.54, 1.807) is 42.5 Å². The average molecular weight is 642 g/mol. The lowest BCUT2D eigenvalue weighted by molar-refractivity contribution is -0.140. The van der Waals surface area contributed by atoms with Crippen molar-refractivity contribution in [2.75, 3.05) is 10.8 Å². The van der Waals surface area contributed by atoms with Gasteiger partial charge in [0.1, 0.15) is 18.4 Å². The molecule has 1 atom stereocenters. The predicted octanol–water partition coefficient (Wildman–Crippen LogP) is 6.34. The van der Waals surface area contributed by atoms with Crippen LogP contribution in [-0.4, -0.2) is 43.8 Å². The Morgan fingerprint density at radius 1 is 0.826 bits per heavy atom. The zero-order valence-corrected chi connectivity index (χ0v) is 27.0. The van der Waals surface area contributed by atoms with Crippen molar-refractivity contribution < 1.29 is 22.4 Å². The molecule has 1 aliphatic rings. The lowest BCUT2D eigenvalue weighted by Gasteiger charge is -2.34. The molecule has 1 fully saturated rings. The number of sulfonamides is 1. The summed E-state index contributed by atoms with van der Waals surface area (Å²) in [5, 5.41) is 3.16. The Hall–Kier alpha value is -4.50. The summed E-state index contributed by atoms with van der Waals surface area (Å²) in [5.74, 6) is -1.27. The smallest absolute Gasteiger partial charge is 0.264 e. The van der Waals surface area contributed by atoms with E-state index < -0.39 is 34.3 Å². The molecule has 240 valence electrons. The number of hydrogen-bond donors (Lipinski definition) is 1. The molecule has 0 heterocycles. The van der Waals surface area contributed by atoms with Gasteiger partial charge in [0.15, 0.2) is 0 Å². The van der Waals surface area contributed by atoms with Crippen molar-refractivity contribution in [3.05, 3.63) is 131 Å². The number of benzene rings is 4. The van der Waals surface area contributed by atoms with E-state index in [-0.39, 0.29) is 29.8 Å². The number of carbonyl (C=O) groups is 2. The minimum atomic E-state index is -4.18. The van der Waals surface area contributed by atoms with Crippen molar-refractivity contribution in [3.8, 4) is 0 Å². The van der Waals surface area contributed by atoms with Gasteiger partial charge in [-0.1, -0.05) is 79.6 Å². The maximum atomic E-state index is 14.6. The van der Waals surface area contributed by atoms with Gasteiger partial charge >= 0.3 is 0 Å². The molecule has 2 amide bonds. The largest absolute Gasteiger partial charge is 0.352 e. The molecular weight excluding hydrogens is 601 g/mol. The fraction of sp³-hybridized carbons (Fsp3) is 0.297. The maximum Gasteiger partial charge on any atom is 0.264 e. The number of nitrogens with one attached hydrogen (secondary N) is 1. The topological polar surface area (TPSA) is 86.8 Å². The number of carbonyl (C=O) groups excluding carboxylic acids is 2. The van der Waals surface area contributed by atoms with Crippen molar-refractivity contribution in [2.45, 2.75) is 69.5 Å². The van der Waals surface area contributed by atoms with E-state index in [1.165, 1.54) is 29.2 Å². The molecule has 7 nitrogen and oxygen atoms in total. The standard InChI is InChI=1S/C37H40FN3O4S/c1-27-21-28(2)23-33(22-27)41(46(44,45)34-15-7-4-8-16-34)26-36(42)40(25-30-17-19-31(38)20-18-30)35(24-29-11-5-3-6-12-29)37(43)39-32-13-9-10-14-32/h3-8,11-12,15-23,32,35H,9-10,13-14,24-26H2,1-2H3,(H,39,43)/t35-/m0/s1. The van der Waals surface area contributed by atoms with Crippen LogP contribution in [0.3, 0.4) is 0 Å². The van der Waals surface area contributed by atoms with E-state index in [1.807, 2.05) is 50.2 Å². The summed E-state index contributed by atoms with van der Waals surface area (Å²) >= 11 is 0. The SMILES string of the molecule is Cc1cc(C)cc(N(CC(=O)N(Cc2ccc(F)cc2)[C@@H](Cc2ccccc2)C(=O)NC2CCCC2)S(=O)(=O)c2ccccc2)c1. The molecule has 1 aliphatic carbocycles. The number of halogens is 1. The molecule has 0 spiro atoms. The average Bonchev–Trinajstić information content (AvgIpc) is 3.55. The monoisotopic (exact) mass is 641 g/mol. The fourth-order valence-corrected chi connectivity index (χ4v) is 7.47. The fourth-order valence-electron chi connectivity index (χ4n) is 6.05. The molecule has 4 aromatic carbocycles. The Kier molecular flexibility index (Phi) is 10.5. The van der Waals surface area contributed by atoms with Crippen LogP contribution in [0, 0.1) is 19.7 Å². The lowest BCUT2D eigenvalue weighted by Crippen LogP contribution is -2.54. The number of hydrogen-bond acceptors (Lipinski definition) is 4. The first kappa shape index (κ1) is 32.9. The first-order chi connectivity index (χ1) is 22.1. The highest BCUT2D eigenvalue weighted by Crippen LogP contribution is 2.27. The van der Waals surface area contributed by atoms with Gasteiger partial charge in [-0.25, -0.2) is 12.8 Å².